The fraction of sp³-hybridized carbons (Fsp3) is 0.692. The highest BCUT2D eigenvalue weighted by Crippen LogP contribution is 2.64. The van der Waals surface area contributed by atoms with Crippen LogP contribution in [0.2, 0.25) is 0 Å². The first-order valence-corrected chi connectivity index (χ1v) is 5.75. The molecule has 3 rings (SSSR count). The van der Waals surface area contributed by atoms with Crippen molar-refractivity contribution in [2.24, 2.45) is 11.3 Å². The molecule has 3 aliphatic carbocycles. The molecule has 0 N–H and O–H groups in total. The minimum Gasteiger partial charge on any atom is -0.0805 e. The predicted octanol–water partition coefficient (Wildman–Crippen LogP) is 3.84. The molecule has 0 amide bonds. The van der Waals surface area contributed by atoms with Gasteiger partial charge in [-0.3, -0.25) is 0 Å². The summed E-state index contributed by atoms with van der Waals surface area (Å²) in [5.41, 5.74) is 2.46. The van der Waals surface area contributed by atoms with Gasteiger partial charge in [-0.2, -0.15) is 0 Å². The Balaban J connectivity index is 1.61. The molecule has 0 aromatic heterocycles. The van der Waals surface area contributed by atoms with Gasteiger partial charge in [0.2, 0.25) is 0 Å². The van der Waals surface area contributed by atoms with E-state index < -0.39 is 0 Å². The zero-order chi connectivity index (χ0) is 8.73. The SMILES string of the molecule is C1=CC(CC2CC23CCCC3)=CC1. The van der Waals surface area contributed by atoms with Crippen LogP contribution < -0.4 is 0 Å². The van der Waals surface area contributed by atoms with Gasteiger partial charge in [0.05, 0.1) is 0 Å². The van der Waals surface area contributed by atoms with Gasteiger partial charge >= 0.3 is 0 Å². The molecule has 2 saturated carbocycles. The second-order valence-electron chi connectivity index (χ2n) is 5.09. The molecule has 0 aromatic carbocycles. The Kier molecular flexibility index (Phi) is 1.65. The summed E-state index contributed by atoms with van der Waals surface area (Å²) in [6.45, 7) is 0. The third-order valence-electron chi connectivity index (χ3n) is 4.29. The molecule has 0 nitrogen and oxygen atoms in total. The third-order valence-corrected chi connectivity index (χ3v) is 4.29. The lowest BCUT2D eigenvalue weighted by molar-refractivity contribution is 0.470. The summed E-state index contributed by atoms with van der Waals surface area (Å²) in [6.07, 6.45) is 17.2. The number of rotatable bonds is 2. The van der Waals surface area contributed by atoms with E-state index in [0.717, 1.165) is 11.3 Å². The molecule has 70 valence electrons. The first-order valence-electron chi connectivity index (χ1n) is 5.75. The second-order valence-corrected chi connectivity index (χ2v) is 5.09. The van der Waals surface area contributed by atoms with E-state index in [2.05, 4.69) is 18.2 Å². The average Bonchev–Trinajstić information content (AvgIpc) is 2.60. The minimum atomic E-state index is 0.845. The molecule has 0 radical (unpaired) electrons. The lowest BCUT2D eigenvalue weighted by Gasteiger charge is -2.07. The first-order chi connectivity index (χ1) is 6.39. The zero-order valence-corrected chi connectivity index (χ0v) is 8.26. The largest absolute Gasteiger partial charge is 0.0805 e. The fourth-order valence-corrected chi connectivity index (χ4v) is 3.35. The van der Waals surface area contributed by atoms with Crippen molar-refractivity contribution < 1.29 is 0 Å². The van der Waals surface area contributed by atoms with Crippen molar-refractivity contribution in [3.63, 3.8) is 0 Å². The highest BCUT2D eigenvalue weighted by Gasteiger charge is 2.54. The molecular weight excluding hydrogens is 156 g/mol. The zero-order valence-electron chi connectivity index (χ0n) is 8.26. The van der Waals surface area contributed by atoms with Gasteiger partial charge in [-0.25, -0.2) is 0 Å². The quantitative estimate of drug-likeness (QED) is 0.596. The molecule has 0 saturated heterocycles. The Labute approximate surface area is 80.7 Å². The van der Waals surface area contributed by atoms with Gasteiger partial charge in [0.25, 0.3) is 0 Å². The van der Waals surface area contributed by atoms with Gasteiger partial charge in [-0.1, -0.05) is 36.6 Å². The number of hydrogen-bond acceptors (Lipinski definition) is 0. The van der Waals surface area contributed by atoms with E-state index >= 15 is 0 Å². The van der Waals surface area contributed by atoms with Crippen LogP contribution in [-0.4, -0.2) is 0 Å². The lowest BCUT2D eigenvalue weighted by Crippen LogP contribution is -1.96. The van der Waals surface area contributed by atoms with Gasteiger partial charge in [0, 0.05) is 0 Å². The highest BCUT2D eigenvalue weighted by atomic mass is 14.6. The number of hydrogen-bond donors (Lipinski definition) is 0. The third kappa shape index (κ3) is 1.27. The monoisotopic (exact) mass is 174 g/mol. The molecule has 1 spiro atoms. The Morgan fingerprint density at radius 1 is 1.31 bits per heavy atom. The summed E-state index contributed by atoms with van der Waals surface area (Å²) in [6, 6.07) is 0. The van der Waals surface area contributed by atoms with E-state index in [1.807, 2.05) is 0 Å². The van der Waals surface area contributed by atoms with Crippen molar-refractivity contribution in [1.29, 1.82) is 0 Å². The van der Waals surface area contributed by atoms with Crippen LogP contribution in [0.15, 0.2) is 23.8 Å². The minimum absolute atomic E-state index is 0.845. The molecular formula is C13H18. The Bertz CT molecular complexity index is 264. The molecule has 0 bridgehead atoms. The van der Waals surface area contributed by atoms with Crippen molar-refractivity contribution >= 4 is 0 Å². The fourth-order valence-electron chi connectivity index (χ4n) is 3.35. The van der Waals surface area contributed by atoms with E-state index in [1.54, 1.807) is 5.57 Å². The summed E-state index contributed by atoms with van der Waals surface area (Å²) in [4.78, 5) is 0. The van der Waals surface area contributed by atoms with Crippen molar-refractivity contribution in [2.45, 2.75) is 44.9 Å². The standard InChI is InChI=1S/C13H18/c1-2-6-11(5-1)9-12-10-13(12)7-3-4-8-13/h1,5-6,12H,2-4,7-10H2. The first kappa shape index (κ1) is 7.84. The molecule has 0 heteroatoms. The highest BCUT2D eigenvalue weighted by molar-refractivity contribution is 5.28. The van der Waals surface area contributed by atoms with Gasteiger partial charge in [-0.05, 0) is 43.4 Å². The lowest BCUT2D eigenvalue weighted by atomic mass is 9.98. The van der Waals surface area contributed by atoms with Crippen LogP contribution in [0.3, 0.4) is 0 Å². The van der Waals surface area contributed by atoms with E-state index in [9.17, 15) is 0 Å². The Morgan fingerprint density at radius 3 is 2.85 bits per heavy atom. The molecule has 0 heterocycles. The van der Waals surface area contributed by atoms with E-state index in [0.29, 0.717) is 0 Å². The van der Waals surface area contributed by atoms with E-state index in [-0.39, 0.29) is 0 Å². The van der Waals surface area contributed by atoms with E-state index in [4.69, 9.17) is 0 Å². The molecule has 0 aromatic rings. The maximum absolute atomic E-state index is 2.40. The summed E-state index contributed by atoms with van der Waals surface area (Å²) >= 11 is 0. The maximum Gasteiger partial charge on any atom is -0.0160 e. The van der Waals surface area contributed by atoms with Crippen molar-refractivity contribution in [2.75, 3.05) is 0 Å². The number of allylic oxidation sites excluding steroid dienone is 4. The topological polar surface area (TPSA) is 0 Å². The van der Waals surface area contributed by atoms with Gasteiger partial charge in [0.15, 0.2) is 0 Å². The Morgan fingerprint density at radius 2 is 2.15 bits per heavy atom. The molecule has 3 aliphatic rings. The summed E-state index contributed by atoms with van der Waals surface area (Å²) in [5.74, 6) is 1.06. The van der Waals surface area contributed by atoms with E-state index in [1.165, 1.54) is 44.9 Å². The van der Waals surface area contributed by atoms with Crippen LogP contribution in [-0.2, 0) is 0 Å². The molecule has 13 heavy (non-hydrogen) atoms. The predicted molar refractivity (Wildman–Crippen MR) is 55.5 cm³/mol. The second kappa shape index (κ2) is 2.73. The normalized spacial score (nSPS) is 34.2. The van der Waals surface area contributed by atoms with Crippen molar-refractivity contribution in [3.05, 3.63) is 23.8 Å². The van der Waals surface area contributed by atoms with Crippen LogP contribution in [0.4, 0.5) is 0 Å². The molecule has 1 atom stereocenters. The summed E-state index contributed by atoms with van der Waals surface area (Å²) < 4.78 is 0. The van der Waals surface area contributed by atoms with Crippen molar-refractivity contribution in [3.8, 4) is 0 Å². The molecule has 2 fully saturated rings. The summed E-state index contributed by atoms with van der Waals surface area (Å²) in [7, 11) is 0. The molecule has 1 unspecified atom stereocenters. The maximum atomic E-state index is 2.40. The van der Waals surface area contributed by atoms with Gasteiger partial charge < -0.3 is 0 Å². The van der Waals surface area contributed by atoms with Crippen LogP contribution >= 0.6 is 0 Å². The average molecular weight is 174 g/mol. The van der Waals surface area contributed by atoms with Crippen LogP contribution in [0, 0.1) is 11.3 Å². The summed E-state index contributed by atoms with van der Waals surface area (Å²) in [5, 5.41) is 0. The van der Waals surface area contributed by atoms with Crippen LogP contribution in [0.25, 0.3) is 0 Å². The molecule has 0 aliphatic heterocycles. The van der Waals surface area contributed by atoms with Crippen LogP contribution in [0.1, 0.15) is 44.9 Å². The smallest absolute Gasteiger partial charge is 0.0160 e. The van der Waals surface area contributed by atoms with Gasteiger partial charge in [-0.15, -0.1) is 0 Å². The Hall–Kier alpha value is -0.520. The van der Waals surface area contributed by atoms with Gasteiger partial charge in [0.1, 0.15) is 0 Å². The van der Waals surface area contributed by atoms with Crippen LogP contribution in [0.5, 0.6) is 0 Å². The van der Waals surface area contributed by atoms with Crippen molar-refractivity contribution in [1.82, 2.24) is 0 Å².